The summed E-state index contributed by atoms with van der Waals surface area (Å²) in [7, 11) is -3.73. The van der Waals surface area contributed by atoms with E-state index < -0.39 is 22.0 Å². The van der Waals surface area contributed by atoms with E-state index in [1.807, 2.05) is 4.90 Å². The minimum absolute atomic E-state index is 0.110. The van der Waals surface area contributed by atoms with E-state index in [1.54, 1.807) is 32.2 Å². The van der Waals surface area contributed by atoms with Crippen molar-refractivity contribution in [1.82, 2.24) is 14.4 Å². The van der Waals surface area contributed by atoms with Gasteiger partial charge >= 0.3 is 0 Å². The topological polar surface area (TPSA) is 139 Å². The largest absolute Gasteiger partial charge is 0.366 e. The molecule has 1 aliphatic rings. The quantitative estimate of drug-likeness (QED) is 0.667. The van der Waals surface area contributed by atoms with E-state index in [2.05, 4.69) is 10.5 Å². The summed E-state index contributed by atoms with van der Waals surface area (Å²) >= 11 is 1.23. The smallest absolute Gasteiger partial charge is 0.251 e. The molecule has 12 heteroatoms. The van der Waals surface area contributed by atoms with Crippen LogP contribution in [0.15, 0.2) is 20.9 Å². The Labute approximate surface area is 179 Å². The standard InChI is InChI=1S/C18H25N5O5S2/c1-11-15(13(3)28-21-11)30(26,27)23-7-4-6-22(8-9-23)12(2)17(25)20-18-14(16(19)24)5-10-29-18/h5,10,12H,4,6-9H2,1-3H3,(H2,19,24)(H,20,25)/t12-/m0/s1. The molecule has 2 aromatic heterocycles. The zero-order chi connectivity index (χ0) is 22.1. The highest BCUT2D eigenvalue weighted by Crippen LogP contribution is 2.25. The van der Waals surface area contributed by atoms with Crippen LogP contribution in [0.1, 0.15) is 35.2 Å². The molecule has 0 aliphatic carbocycles. The Kier molecular flexibility index (Phi) is 6.60. The van der Waals surface area contributed by atoms with Gasteiger partial charge in [0, 0.05) is 26.2 Å². The number of aryl methyl sites for hydroxylation is 2. The number of hydrogen-bond acceptors (Lipinski definition) is 8. The molecule has 1 saturated heterocycles. The lowest BCUT2D eigenvalue weighted by atomic mass is 10.2. The summed E-state index contributed by atoms with van der Waals surface area (Å²) in [5.74, 6) is -0.612. The second kappa shape index (κ2) is 8.84. The van der Waals surface area contributed by atoms with Gasteiger partial charge in [-0.3, -0.25) is 14.5 Å². The van der Waals surface area contributed by atoms with Gasteiger partial charge in [0.05, 0.1) is 11.6 Å². The van der Waals surface area contributed by atoms with Crippen molar-refractivity contribution in [1.29, 1.82) is 0 Å². The van der Waals surface area contributed by atoms with Crippen LogP contribution in [0.4, 0.5) is 5.00 Å². The SMILES string of the molecule is Cc1noc(C)c1S(=O)(=O)N1CCCN([C@@H](C)C(=O)Nc2sccc2C(N)=O)CC1. The number of nitrogens with two attached hydrogens (primary N) is 1. The highest BCUT2D eigenvalue weighted by atomic mass is 32.2. The second-order valence-corrected chi connectivity index (χ2v) is 9.93. The Bertz CT molecular complexity index is 1030. The number of thiophene rings is 1. The molecule has 1 atom stereocenters. The van der Waals surface area contributed by atoms with Gasteiger partial charge in [0.1, 0.15) is 15.6 Å². The van der Waals surface area contributed by atoms with Crippen molar-refractivity contribution in [3.63, 3.8) is 0 Å². The van der Waals surface area contributed by atoms with Crippen molar-refractivity contribution in [2.24, 2.45) is 5.73 Å². The van der Waals surface area contributed by atoms with Crippen LogP contribution in [0.5, 0.6) is 0 Å². The number of carbonyl (C=O) groups is 2. The Balaban J connectivity index is 1.68. The third-order valence-electron chi connectivity index (χ3n) is 5.15. The summed E-state index contributed by atoms with van der Waals surface area (Å²) in [4.78, 5) is 26.2. The Morgan fingerprint density at radius 1 is 1.27 bits per heavy atom. The van der Waals surface area contributed by atoms with Gasteiger partial charge in [0.25, 0.3) is 5.91 Å². The van der Waals surface area contributed by atoms with Crippen molar-refractivity contribution in [2.75, 3.05) is 31.5 Å². The third-order valence-corrected chi connectivity index (χ3v) is 8.12. The molecule has 0 aromatic carbocycles. The molecule has 0 radical (unpaired) electrons. The summed E-state index contributed by atoms with van der Waals surface area (Å²) in [6.45, 7) is 6.48. The number of primary amides is 1. The van der Waals surface area contributed by atoms with E-state index in [0.29, 0.717) is 36.8 Å². The molecule has 0 bridgehead atoms. The van der Waals surface area contributed by atoms with Crippen LogP contribution in [0.2, 0.25) is 0 Å². The average Bonchev–Trinajstić information content (AvgIpc) is 3.18. The monoisotopic (exact) mass is 455 g/mol. The molecule has 0 saturated carbocycles. The van der Waals surface area contributed by atoms with Gasteiger partial charge in [-0.1, -0.05) is 5.16 Å². The van der Waals surface area contributed by atoms with Crippen molar-refractivity contribution in [2.45, 2.75) is 38.1 Å². The van der Waals surface area contributed by atoms with E-state index in [1.165, 1.54) is 15.6 Å². The zero-order valence-corrected chi connectivity index (χ0v) is 18.7. The van der Waals surface area contributed by atoms with Crippen LogP contribution in [-0.4, -0.2) is 66.8 Å². The predicted molar refractivity (Wildman–Crippen MR) is 112 cm³/mol. The average molecular weight is 456 g/mol. The number of aromatic nitrogens is 1. The van der Waals surface area contributed by atoms with E-state index in [0.717, 1.165) is 0 Å². The molecule has 2 aromatic rings. The first-order valence-electron chi connectivity index (χ1n) is 9.48. The molecule has 10 nitrogen and oxygen atoms in total. The summed E-state index contributed by atoms with van der Waals surface area (Å²) < 4.78 is 32.5. The molecule has 3 N–H and O–H groups in total. The lowest BCUT2D eigenvalue weighted by molar-refractivity contribution is -0.120. The number of hydrogen-bond donors (Lipinski definition) is 2. The molecule has 164 valence electrons. The van der Waals surface area contributed by atoms with Crippen molar-refractivity contribution in [3.8, 4) is 0 Å². The molecule has 1 fully saturated rings. The van der Waals surface area contributed by atoms with Crippen molar-refractivity contribution < 1.29 is 22.5 Å². The Morgan fingerprint density at radius 2 is 2.00 bits per heavy atom. The highest BCUT2D eigenvalue weighted by molar-refractivity contribution is 7.89. The molecule has 2 amide bonds. The van der Waals surface area contributed by atoms with Gasteiger partial charge in [-0.15, -0.1) is 11.3 Å². The molecule has 30 heavy (non-hydrogen) atoms. The van der Waals surface area contributed by atoms with Crippen LogP contribution >= 0.6 is 11.3 Å². The minimum Gasteiger partial charge on any atom is -0.366 e. The van der Waals surface area contributed by atoms with Crippen LogP contribution in [0.3, 0.4) is 0 Å². The zero-order valence-electron chi connectivity index (χ0n) is 17.0. The fourth-order valence-corrected chi connectivity index (χ4v) is 6.05. The summed E-state index contributed by atoms with van der Waals surface area (Å²) in [5, 5.41) is 8.60. The van der Waals surface area contributed by atoms with Gasteiger partial charge in [-0.2, -0.15) is 4.31 Å². The molecule has 0 unspecified atom stereocenters. The van der Waals surface area contributed by atoms with E-state index in [9.17, 15) is 18.0 Å². The lowest BCUT2D eigenvalue weighted by Crippen LogP contribution is -2.44. The maximum atomic E-state index is 13.1. The van der Waals surface area contributed by atoms with Gasteiger partial charge in [0.15, 0.2) is 5.76 Å². The number of rotatable bonds is 6. The lowest BCUT2D eigenvalue weighted by Gasteiger charge is -2.26. The molecule has 3 rings (SSSR count). The van der Waals surface area contributed by atoms with Crippen LogP contribution < -0.4 is 11.1 Å². The van der Waals surface area contributed by atoms with Gasteiger partial charge in [-0.05, 0) is 38.6 Å². The predicted octanol–water partition coefficient (Wildman–Crippen LogP) is 1.18. The molecular formula is C18H25N5O5S2. The van der Waals surface area contributed by atoms with Crippen LogP contribution in [-0.2, 0) is 14.8 Å². The fourth-order valence-electron chi connectivity index (χ4n) is 3.50. The Morgan fingerprint density at radius 3 is 2.63 bits per heavy atom. The van der Waals surface area contributed by atoms with E-state index in [-0.39, 0.29) is 28.7 Å². The summed E-state index contributed by atoms with van der Waals surface area (Å²) in [6, 6.07) is 1.06. The van der Waals surface area contributed by atoms with E-state index in [4.69, 9.17) is 10.3 Å². The number of anilines is 1. The number of nitrogens with zero attached hydrogens (tertiary/aromatic N) is 3. The number of carbonyl (C=O) groups excluding carboxylic acids is 2. The summed E-state index contributed by atoms with van der Waals surface area (Å²) in [6.07, 6.45) is 0.575. The van der Waals surface area contributed by atoms with Gasteiger partial charge in [0.2, 0.25) is 15.9 Å². The molecular weight excluding hydrogens is 430 g/mol. The fraction of sp³-hybridized carbons (Fsp3) is 0.500. The summed E-state index contributed by atoms with van der Waals surface area (Å²) in [5.41, 5.74) is 5.93. The molecule has 3 heterocycles. The molecule has 0 spiro atoms. The first-order valence-corrected chi connectivity index (χ1v) is 11.8. The van der Waals surface area contributed by atoms with E-state index >= 15 is 0 Å². The van der Waals surface area contributed by atoms with Crippen molar-refractivity contribution in [3.05, 3.63) is 28.5 Å². The number of sulfonamides is 1. The normalized spacial score (nSPS) is 17.4. The first-order chi connectivity index (χ1) is 14.1. The Hall–Kier alpha value is -2.28. The first kappa shape index (κ1) is 22.4. The van der Waals surface area contributed by atoms with Gasteiger partial charge < -0.3 is 15.6 Å². The van der Waals surface area contributed by atoms with Crippen LogP contribution in [0, 0.1) is 13.8 Å². The molecule has 1 aliphatic heterocycles. The van der Waals surface area contributed by atoms with Crippen LogP contribution in [0.25, 0.3) is 0 Å². The maximum Gasteiger partial charge on any atom is 0.251 e. The number of nitrogens with one attached hydrogen (secondary N) is 1. The minimum atomic E-state index is -3.73. The third kappa shape index (κ3) is 4.41. The number of amides is 2. The highest BCUT2D eigenvalue weighted by Gasteiger charge is 2.33. The van der Waals surface area contributed by atoms with Gasteiger partial charge in [-0.25, -0.2) is 8.42 Å². The van der Waals surface area contributed by atoms with Crippen molar-refractivity contribution >= 4 is 38.2 Å². The maximum absolute atomic E-state index is 13.1. The second-order valence-electron chi connectivity index (χ2n) is 7.14.